The number of hydrogen-bond acceptors (Lipinski definition) is 7. The third-order valence-electron chi connectivity index (χ3n) is 2.49. The molecular formula is C10H16N4O2S2. The van der Waals surface area contributed by atoms with Gasteiger partial charge >= 0.3 is 0 Å². The van der Waals surface area contributed by atoms with Gasteiger partial charge in [0, 0.05) is 25.3 Å². The molecule has 1 aliphatic heterocycles. The Bertz CT molecular complexity index is 393. The van der Waals surface area contributed by atoms with Crippen molar-refractivity contribution >= 4 is 34.1 Å². The Morgan fingerprint density at radius 2 is 2.50 bits per heavy atom. The second kappa shape index (κ2) is 6.91. The number of amides is 1. The van der Waals surface area contributed by atoms with E-state index in [-0.39, 0.29) is 5.91 Å². The molecule has 0 spiro atoms. The largest absolute Gasteiger partial charge is 0.376 e. The maximum absolute atomic E-state index is 10.6. The van der Waals surface area contributed by atoms with E-state index in [0.717, 1.165) is 35.5 Å². The molecule has 1 aliphatic rings. The molecule has 6 nitrogen and oxygen atoms in total. The van der Waals surface area contributed by atoms with Crippen molar-refractivity contribution in [3.8, 4) is 0 Å². The summed E-state index contributed by atoms with van der Waals surface area (Å²) in [5.41, 5.74) is 5.07. The summed E-state index contributed by atoms with van der Waals surface area (Å²) in [6, 6.07) is 0. The fourth-order valence-corrected chi connectivity index (χ4v) is 3.37. The third-order valence-corrected chi connectivity index (χ3v) is 4.50. The maximum Gasteiger partial charge on any atom is 0.218 e. The number of ether oxygens (including phenoxy) is 1. The molecular weight excluding hydrogens is 272 g/mol. The van der Waals surface area contributed by atoms with E-state index in [1.807, 2.05) is 0 Å². The molecule has 3 N–H and O–H groups in total. The van der Waals surface area contributed by atoms with E-state index >= 15 is 0 Å². The molecule has 1 aromatic rings. The monoisotopic (exact) mass is 288 g/mol. The van der Waals surface area contributed by atoms with Crippen LogP contribution in [0.3, 0.4) is 0 Å². The van der Waals surface area contributed by atoms with Crippen molar-refractivity contribution in [1.29, 1.82) is 0 Å². The first-order chi connectivity index (χ1) is 8.74. The predicted molar refractivity (Wildman–Crippen MR) is 71.9 cm³/mol. The van der Waals surface area contributed by atoms with Crippen LogP contribution in [0.4, 0.5) is 5.13 Å². The molecule has 1 atom stereocenters. The Morgan fingerprint density at radius 1 is 1.61 bits per heavy atom. The van der Waals surface area contributed by atoms with Crippen LogP contribution in [0.5, 0.6) is 0 Å². The number of nitrogens with zero attached hydrogens (tertiary/aromatic N) is 2. The van der Waals surface area contributed by atoms with Crippen LogP contribution >= 0.6 is 23.1 Å². The lowest BCUT2D eigenvalue weighted by Gasteiger charge is -2.08. The molecule has 2 heterocycles. The predicted octanol–water partition coefficient (Wildman–Crippen LogP) is 1.10. The summed E-state index contributed by atoms with van der Waals surface area (Å²) in [5.74, 6) is 0.360. The summed E-state index contributed by atoms with van der Waals surface area (Å²) in [4.78, 5) is 10.6. The Balaban J connectivity index is 1.70. The summed E-state index contributed by atoms with van der Waals surface area (Å²) >= 11 is 2.99. The minimum Gasteiger partial charge on any atom is -0.376 e. The number of nitrogens with two attached hydrogens (primary N) is 1. The molecule has 18 heavy (non-hydrogen) atoms. The molecule has 0 saturated carbocycles. The quantitative estimate of drug-likeness (QED) is 0.730. The van der Waals surface area contributed by atoms with Crippen LogP contribution in [0, 0.1) is 0 Å². The molecule has 100 valence electrons. The summed E-state index contributed by atoms with van der Waals surface area (Å²) in [6.45, 7) is 1.64. The van der Waals surface area contributed by atoms with Gasteiger partial charge in [0.2, 0.25) is 11.0 Å². The lowest BCUT2D eigenvalue weighted by atomic mass is 10.2. The zero-order valence-corrected chi connectivity index (χ0v) is 11.6. The lowest BCUT2D eigenvalue weighted by Crippen LogP contribution is -2.18. The van der Waals surface area contributed by atoms with E-state index in [2.05, 4.69) is 15.5 Å². The van der Waals surface area contributed by atoms with Crippen LogP contribution < -0.4 is 11.1 Å². The highest BCUT2D eigenvalue weighted by molar-refractivity contribution is 8.01. The van der Waals surface area contributed by atoms with Crippen molar-refractivity contribution in [3.63, 3.8) is 0 Å². The second-order valence-electron chi connectivity index (χ2n) is 3.95. The molecule has 0 radical (unpaired) electrons. The van der Waals surface area contributed by atoms with Crippen molar-refractivity contribution in [2.75, 3.05) is 24.2 Å². The van der Waals surface area contributed by atoms with Crippen LogP contribution in [0.1, 0.15) is 19.3 Å². The van der Waals surface area contributed by atoms with Gasteiger partial charge in [-0.2, -0.15) is 0 Å². The average Bonchev–Trinajstić information content (AvgIpc) is 2.96. The second-order valence-corrected chi connectivity index (χ2v) is 6.27. The van der Waals surface area contributed by atoms with Crippen molar-refractivity contribution in [2.45, 2.75) is 29.7 Å². The topological polar surface area (TPSA) is 90.1 Å². The van der Waals surface area contributed by atoms with Gasteiger partial charge in [-0.25, -0.2) is 0 Å². The first kappa shape index (κ1) is 13.6. The molecule has 8 heteroatoms. The number of carbonyl (C=O) groups is 1. The number of aromatic nitrogens is 2. The van der Waals surface area contributed by atoms with E-state index in [1.165, 1.54) is 23.1 Å². The van der Waals surface area contributed by atoms with Gasteiger partial charge in [0.25, 0.3) is 0 Å². The summed E-state index contributed by atoms with van der Waals surface area (Å²) in [6.07, 6.45) is 2.89. The highest BCUT2D eigenvalue weighted by atomic mass is 32.2. The van der Waals surface area contributed by atoms with Crippen molar-refractivity contribution in [3.05, 3.63) is 0 Å². The fourth-order valence-electron chi connectivity index (χ4n) is 1.58. The third kappa shape index (κ3) is 4.43. The number of anilines is 1. The number of hydrogen-bond donors (Lipinski definition) is 2. The maximum atomic E-state index is 10.6. The van der Waals surface area contributed by atoms with E-state index < -0.39 is 0 Å². The van der Waals surface area contributed by atoms with Crippen molar-refractivity contribution < 1.29 is 9.53 Å². The normalized spacial score (nSPS) is 19.0. The van der Waals surface area contributed by atoms with Crippen molar-refractivity contribution in [2.24, 2.45) is 5.73 Å². The lowest BCUT2D eigenvalue weighted by molar-refractivity contribution is -0.117. The average molecular weight is 288 g/mol. The molecule has 2 rings (SSSR count). The van der Waals surface area contributed by atoms with Crippen LogP contribution in [0.2, 0.25) is 0 Å². The minimum absolute atomic E-state index is 0.288. The summed E-state index contributed by atoms with van der Waals surface area (Å²) < 4.78 is 6.36. The van der Waals surface area contributed by atoms with Gasteiger partial charge in [-0.1, -0.05) is 23.1 Å². The SMILES string of the molecule is NC(=O)CCSc1nnc(NCC2CCCO2)s1. The summed E-state index contributed by atoms with van der Waals surface area (Å²) in [7, 11) is 0. The highest BCUT2D eigenvalue weighted by Crippen LogP contribution is 2.26. The Morgan fingerprint density at radius 3 is 3.22 bits per heavy atom. The molecule has 1 unspecified atom stereocenters. The smallest absolute Gasteiger partial charge is 0.218 e. The van der Waals surface area contributed by atoms with E-state index in [9.17, 15) is 4.79 Å². The molecule has 1 aromatic heterocycles. The molecule has 1 saturated heterocycles. The molecule has 1 amide bonds. The van der Waals surface area contributed by atoms with Gasteiger partial charge in [-0.05, 0) is 12.8 Å². The van der Waals surface area contributed by atoms with Gasteiger partial charge in [0.05, 0.1) is 6.10 Å². The first-order valence-corrected chi connectivity index (χ1v) is 7.64. The first-order valence-electron chi connectivity index (χ1n) is 5.84. The van der Waals surface area contributed by atoms with Crippen LogP contribution in [0.15, 0.2) is 4.34 Å². The number of primary amides is 1. The number of rotatable bonds is 7. The number of carbonyl (C=O) groups excluding carboxylic acids is 1. The van der Waals surface area contributed by atoms with Crippen LogP contribution in [0.25, 0.3) is 0 Å². The van der Waals surface area contributed by atoms with Gasteiger partial charge in [0.15, 0.2) is 4.34 Å². The Kier molecular flexibility index (Phi) is 5.21. The zero-order valence-electron chi connectivity index (χ0n) is 9.92. The zero-order chi connectivity index (χ0) is 12.8. The highest BCUT2D eigenvalue weighted by Gasteiger charge is 2.15. The Hall–Kier alpha value is -0.860. The van der Waals surface area contributed by atoms with E-state index in [0.29, 0.717) is 18.3 Å². The van der Waals surface area contributed by atoms with Gasteiger partial charge in [-0.3, -0.25) is 4.79 Å². The van der Waals surface area contributed by atoms with Gasteiger partial charge < -0.3 is 15.8 Å². The minimum atomic E-state index is -0.288. The standard InChI is InChI=1S/C10H16N4O2S2/c11-8(15)3-5-17-10-14-13-9(18-10)12-6-7-2-1-4-16-7/h7H,1-6H2,(H2,11,15)(H,12,13). The van der Waals surface area contributed by atoms with Crippen LogP contribution in [-0.2, 0) is 9.53 Å². The van der Waals surface area contributed by atoms with Gasteiger partial charge in [0.1, 0.15) is 0 Å². The Labute approximate surface area is 114 Å². The van der Waals surface area contributed by atoms with Crippen molar-refractivity contribution in [1.82, 2.24) is 10.2 Å². The molecule has 0 bridgehead atoms. The van der Waals surface area contributed by atoms with Gasteiger partial charge in [-0.15, -0.1) is 10.2 Å². The van der Waals surface area contributed by atoms with E-state index in [1.54, 1.807) is 0 Å². The molecule has 1 fully saturated rings. The molecule has 0 aliphatic carbocycles. The van der Waals surface area contributed by atoms with E-state index in [4.69, 9.17) is 10.5 Å². The summed E-state index contributed by atoms with van der Waals surface area (Å²) in [5, 5.41) is 12.1. The van der Waals surface area contributed by atoms with Crippen LogP contribution in [-0.4, -0.2) is 41.1 Å². The number of thioether (sulfide) groups is 1. The number of nitrogens with one attached hydrogen (secondary N) is 1. The fraction of sp³-hybridized carbons (Fsp3) is 0.700. The molecule has 0 aromatic carbocycles.